The molecule has 0 saturated heterocycles. The fourth-order valence-electron chi connectivity index (χ4n) is 2.29. The summed E-state index contributed by atoms with van der Waals surface area (Å²) in [4.78, 5) is 13.8. The van der Waals surface area contributed by atoms with E-state index in [4.69, 9.17) is 11.6 Å². The molecule has 3 rings (SSSR count). The lowest BCUT2D eigenvalue weighted by molar-refractivity contribution is -0.113. The molecule has 0 aliphatic carbocycles. The van der Waals surface area contributed by atoms with Crippen LogP contribution in [0.2, 0.25) is 0 Å². The van der Waals surface area contributed by atoms with E-state index in [-0.39, 0.29) is 10.9 Å². The van der Waals surface area contributed by atoms with Crippen LogP contribution in [-0.2, 0) is 4.79 Å². The highest BCUT2D eigenvalue weighted by Crippen LogP contribution is 2.36. The first-order valence-corrected chi connectivity index (χ1v) is 6.59. The van der Waals surface area contributed by atoms with Crippen molar-refractivity contribution in [1.29, 1.82) is 0 Å². The number of rotatable bonds is 2. The van der Waals surface area contributed by atoms with Gasteiger partial charge in [0, 0.05) is 5.69 Å². The van der Waals surface area contributed by atoms with Gasteiger partial charge in [-0.3, -0.25) is 9.69 Å². The van der Waals surface area contributed by atoms with E-state index in [0.29, 0.717) is 16.8 Å². The molecule has 0 saturated carbocycles. The molecule has 1 atom stereocenters. The SMILES string of the molecule is O=C1C(c2ccccc2)=C(Cl)C(O)N1c1ccccc1. The van der Waals surface area contributed by atoms with Crippen molar-refractivity contribution in [3.8, 4) is 0 Å². The molecule has 1 heterocycles. The minimum atomic E-state index is -1.14. The quantitative estimate of drug-likeness (QED) is 0.921. The monoisotopic (exact) mass is 285 g/mol. The number of amides is 1. The topological polar surface area (TPSA) is 40.5 Å². The van der Waals surface area contributed by atoms with Gasteiger partial charge in [-0.1, -0.05) is 60.1 Å². The number of para-hydroxylation sites is 1. The molecule has 2 aromatic rings. The van der Waals surface area contributed by atoms with E-state index < -0.39 is 6.23 Å². The predicted octanol–water partition coefficient (Wildman–Crippen LogP) is 3.00. The molecule has 1 amide bonds. The van der Waals surface area contributed by atoms with E-state index in [1.54, 1.807) is 24.3 Å². The number of carbonyl (C=O) groups excluding carboxylic acids is 1. The van der Waals surface area contributed by atoms with Crippen LogP contribution in [0.25, 0.3) is 5.57 Å². The summed E-state index contributed by atoms with van der Waals surface area (Å²) in [5.41, 5.74) is 1.68. The molecule has 0 spiro atoms. The first-order valence-electron chi connectivity index (χ1n) is 6.22. The average Bonchev–Trinajstić information content (AvgIpc) is 2.71. The van der Waals surface area contributed by atoms with Gasteiger partial charge in [-0.05, 0) is 17.7 Å². The molecular weight excluding hydrogens is 274 g/mol. The number of carbonyl (C=O) groups is 1. The summed E-state index contributed by atoms with van der Waals surface area (Å²) in [7, 11) is 0. The number of anilines is 1. The number of hydrogen-bond acceptors (Lipinski definition) is 2. The molecule has 0 fully saturated rings. The highest BCUT2D eigenvalue weighted by Gasteiger charge is 2.38. The zero-order valence-corrected chi connectivity index (χ0v) is 11.3. The molecule has 1 unspecified atom stereocenters. The lowest BCUT2D eigenvalue weighted by atomic mass is 10.1. The van der Waals surface area contributed by atoms with Gasteiger partial charge in [-0.2, -0.15) is 0 Å². The summed E-state index contributed by atoms with van der Waals surface area (Å²) in [6.45, 7) is 0. The molecule has 100 valence electrons. The molecule has 1 aliphatic rings. The number of aliphatic hydroxyl groups excluding tert-OH is 1. The summed E-state index contributed by atoms with van der Waals surface area (Å²) >= 11 is 6.17. The highest BCUT2D eigenvalue weighted by molar-refractivity contribution is 6.44. The Kier molecular flexibility index (Phi) is 3.30. The Balaban J connectivity index is 2.04. The Morgan fingerprint density at radius 3 is 2.10 bits per heavy atom. The lowest BCUT2D eigenvalue weighted by Crippen LogP contribution is -2.34. The van der Waals surface area contributed by atoms with Gasteiger partial charge in [0.25, 0.3) is 5.91 Å². The van der Waals surface area contributed by atoms with Crippen molar-refractivity contribution in [1.82, 2.24) is 0 Å². The van der Waals surface area contributed by atoms with E-state index in [0.717, 1.165) is 0 Å². The molecule has 2 aromatic carbocycles. The van der Waals surface area contributed by atoms with Gasteiger partial charge < -0.3 is 5.11 Å². The Hall–Kier alpha value is -2.10. The van der Waals surface area contributed by atoms with Crippen molar-refractivity contribution in [2.24, 2.45) is 0 Å². The third kappa shape index (κ3) is 2.01. The number of halogens is 1. The zero-order valence-electron chi connectivity index (χ0n) is 10.5. The summed E-state index contributed by atoms with van der Waals surface area (Å²) in [6.07, 6.45) is -1.14. The minimum absolute atomic E-state index is 0.157. The summed E-state index contributed by atoms with van der Waals surface area (Å²) in [6, 6.07) is 18.1. The fourth-order valence-corrected chi connectivity index (χ4v) is 2.58. The van der Waals surface area contributed by atoms with Gasteiger partial charge in [0.15, 0.2) is 6.23 Å². The lowest BCUT2D eigenvalue weighted by Gasteiger charge is -2.21. The Bertz CT molecular complexity index is 667. The van der Waals surface area contributed by atoms with Crippen molar-refractivity contribution < 1.29 is 9.90 Å². The molecular formula is C16H12ClNO2. The van der Waals surface area contributed by atoms with Crippen LogP contribution in [0, 0.1) is 0 Å². The predicted molar refractivity (Wildman–Crippen MR) is 79.1 cm³/mol. The van der Waals surface area contributed by atoms with E-state index in [1.807, 2.05) is 36.4 Å². The van der Waals surface area contributed by atoms with E-state index >= 15 is 0 Å². The Morgan fingerprint density at radius 2 is 1.50 bits per heavy atom. The fraction of sp³-hybridized carbons (Fsp3) is 0.0625. The molecule has 0 bridgehead atoms. The maximum atomic E-state index is 12.6. The minimum Gasteiger partial charge on any atom is -0.368 e. The summed E-state index contributed by atoms with van der Waals surface area (Å²) in [5.74, 6) is -0.292. The Labute approximate surface area is 121 Å². The average molecular weight is 286 g/mol. The van der Waals surface area contributed by atoms with Crippen LogP contribution in [0.15, 0.2) is 65.7 Å². The van der Waals surface area contributed by atoms with Crippen LogP contribution in [0.1, 0.15) is 5.56 Å². The van der Waals surface area contributed by atoms with Gasteiger partial charge >= 0.3 is 0 Å². The smallest absolute Gasteiger partial charge is 0.262 e. The standard InChI is InChI=1S/C16H12ClNO2/c17-14-13(11-7-3-1-4-8-11)15(19)18(16(14)20)12-9-5-2-6-10-12/h1-10,16,20H. The third-order valence-electron chi connectivity index (χ3n) is 3.24. The molecule has 3 nitrogen and oxygen atoms in total. The van der Waals surface area contributed by atoms with Crippen LogP contribution < -0.4 is 4.90 Å². The molecule has 0 radical (unpaired) electrons. The van der Waals surface area contributed by atoms with E-state index in [9.17, 15) is 9.90 Å². The van der Waals surface area contributed by atoms with Crippen molar-refractivity contribution in [3.63, 3.8) is 0 Å². The van der Waals surface area contributed by atoms with Crippen molar-refractivity contribution >= 4 is 28.8 Å². The van der Waals surface area contributed by atoms with Gasteiger partial charge in [-0.15, -0.1) is 0 Å². The second kappa shape index (κ2) is 5.12. The highest BCUT2D eigenvalue weighted by atomic mass is 35.5. The molecule has 0 aromatic heterocycles. The van der Waals surface area contributed by atoms with Crippen molar-refractivity contribution in [3.05, 3.63) is 71.3 Å². The van der Waals surface area contributed by atoms with E-state index in [1.165, 1.54) is 4.90 Å². The van der Waals surface area contributed by atoms with E-state index in [2.05, 4.69) is 0 Å². The normalized spacial score (nSPS) is 18.8. The maximum Gasteiger partial charge on any atom is 0.262 e. The largest absolute Gasteiger partial charge is 0.368 e. The van der Waals surface area contributed by atoms with Crippen LogP contribution >= 0.6 is 11.6 Å². The maximum absolute atomic E-state index is 12.6. The number of nitrogens with zero attached hydrogens (tertiary/aromatic N) is 1. The van der Waals surface area contributed by atoms with Gasteiger partial charge in [0.05, 0.1) is 10.6 Å². The van der Waals surface area contributed by atoms with Gasteiger partial charge in [-0.25, -0.2) is 0 Å². The van der Waals surface area contributed by atoms with Crippen LogP contribution in [0.5, 0.6) is 0 Å². The summed E-state index contributed by atoms with van der Waals surface area (Å²) in [5, 5.41) is 10.4. The van der Waals surface area contributed by atoms with Crippen LogP contribution in [-0.4, -0.2) is 17.2 Å². The van der Waals surface area contributed by atoms with Crippen molar-refractivity contribution in [2.45, 2.75) is 6.23 Å². The number of aliphatic hydroxyl groups is 1. The van der Waals surface area contributed by atoms with Gasteiger partial charge in [0.2, 0.25) is 0 Å². The first-order chi connectivity index (χ1) is 9.70. The second-order valence-corrected chi connectivity index (χ2v) is 4.88. The zero-order chi connectivity index (χ0) is 14.1. The van der Waals surface area contributed by atoms with Crippen molar-refractivity contribution in [2.75, 3.05) is 4.90 Å². The van der Waals surface area contributed by atoms with Crippen LogP contribution in [0.4, 0.5) is 5.69 Å². The molecule has 4 heteroatoms. The molecule has 1 N–H and O–H groups in total. The summed E-state index contributed by atoms with van der Waals surface area (Å²) < 4.78 is 0. The van der Waals surface area contributed by atoms with Crippen LogP contribution in [0.3, 0.4) is 0 Å². The van der Waals surface area contributed by atoms with Gasteiger partial charge in [0.1, 0.15) is 0 Å². The number of hydrogen-bond donors (Lipinski definition) is 1. The number of benzene rings is 2. The third-order valence-corrected chi connectivity index (χ3v) is 3.62. The Morgan fingerprint density at radius 1 is 0.950 bits per heavy atom. The molecule has 1 aliphatic heterocycles. The second-order valence-electron chi connectivity index (χ2n) is 4.47. The molecule has 20 heavy (non-hydrogen) atoms. The first kappa shape index (κ1) is 12.9.